The molecule has 19 heteroatoms. The molecule has 0 radical (unpaired) electrons. The Hall–Kier alpha value is -1.94. The van der Waals surface area contributed by atoms with Crippen molar-refractivity contribution in [2.75, 3.05) is 39.6 Å². The van der Waals surface area contributed by atoms with Crippen LogP contribution in [0, 0.1) is 5.92 Å². The molecule has 90 heavy (non-hydrogen) atoms. The molecule has 5 atom stereocenters. The summed E-state index contributed by atoms with van der Waals surface area (Å²) in [5.41, 5.74) is 0. The van der Waals surface area contributed by atoms with E-state index >= 15 is 0 Å². The van der Waals surface area contributed by atoms with Crippen LogP contribution in [-0.2, 0) is 65.4 Å². The molecule has 0 saturated heterocycles. The van der Waals surface area contributed by atoms with Crippen LogP contribution in [0.5, 0.6) is 0 Å². The number of ether oxygens (including phenoxy) is 4. The standard InChI is InChI=1S/C71H138O17P2/c1-6-9-12-15-18-19-20-21-22-23-24-25-26-27-30-34-37-42-47-52-57-71(76)88-67(61-82-69(74)55-50-45-41-36-33-31-28-29-32-35-40-43-48-53-64(4)5)63-86-90(79,80)84-59-65(72)58-83-89(77,78)85-62-66(87-70(75)56-51-46-39-17-14-11-8-3)60-81-68(73)54-49-44-38-16-13-10-7-2/h64-67,72H,6-63H2,1-5H3,(H,77,78)(H,79,80)/t65-,66+,67+/m0/s1. The summed E-state index contributed by atoms with van der Waals surface area (Å²) >= 11 is 0. The van der Waals surface area contributed by atoms with E-state index in [0.29, 0.717) is 25.7 Å². The third-order valence-electron chi connectivity index (χ3n) is 16.5. The number of phosphoric acid groups is 2. The van der Waals surface area contributed by atoms with E-state index < -0.39 is 97.5 Å². The lowest BCUT2D eigenvalue weighted by Gasteiger charge is -2.21. The molecule has 0 aliphatic carbocycles. The first-order chi connectivity index (χ1) is 43.5. The van der Waals surface area contributed by atoms with Crippen molar-refractivity contribution in [1.29, 1.82) is 0 Å². The average molecular weight is 1330 g/mol. The number of carbonyl (C=O) groups is 4. The van der Waals surface area contributed by atoms with E-state index in [1.807, 2.05) is 0 Å². The maximum Gasteiger partial charge on any atom is 0.472 e. The molecule has 0 amide bonds. The van der Waals surface area contributed by atoms with E-state index in [1.54, 1.807) is 0 Å². The summed E-state index contributed by atoms with van der Waals surface area (Å²) < 4.78 is 68.1. The maximum atomic E-state index is 13.0. The maximum absolute atomic E-state index is 13.0. The predicted octanol–water partition coefficient (Wildman–Crippen LogP) is 20.5. The van der Waals surface area contributed by atoms with Gasteiger partial charge in [0.2, 0.25) is 0 Å². The van der Waals surface area contributed by atoms with Gasteiger partial charge in [0, 0.05) is 25.7 Å². The molecule has 0 spiro atoms. The fourth-order valence-corrected chi connectivity index (χ4v) is 12.4. The molecule has 0 saturated carbocycles. The number of hydrogen-bond donors (Lipinski definition) is 3. The molecule has 534 valence electrons. The Morgan fingerprint density at radius 2 is 0.511 bits per heavy atom. The summed E-state index contributed by atoms with van der Waals surface area (Å²) in [6.07, 6.45) is 51.8. The van der Waals surface area contributed by atoms with Crippen molar-refractivity contribution in [2.45, 2.75) is 387 Å². The van der Waals surface area contributed by atoms with Crippen LogP contribution in [0.15, 0.2) is 0 Å². The van der Waals surface area contributed by atoms with Gasteiger partial charge in [-0.15, -0.1) is 0 Å². The number of unbranched alkanes of at least 4 members (excludes halogenated alkanes) is 43. The zero-order chi connectivity index (χ0) is 66.3. The zero-order valence-corrected chi connectivity index (χ0v) is 60.1. The molecule has 0 aromatic carbocycles. The number of aliphatic hydroxyl groups excluding tert-OH is 1. The Balaban J connectivity index is 5.12. The third kappa shape index (κ3) is 64.8. The van der Waals surface area contributed by atoms with Gasteiger partial charge in [-0.3, -0.25) is 37.3 Å². The number of hydrogen-bond acceptors (Lipinski definition) is 15. The molecule has 0 aromatic rings. The molecular weight excluding hydrogens is 1190 g/mol. The fourth-order valence-electron chi connectivity index (χ4n) is 10.8. The fraction of sp³-hybridized carbons (Fsp3) is 0.944. The predicted molar refractivity (Wildman–Crippen MR) is 363 cm³/mol. The Morgan fingerprint density at radius 3 is 0.756 bits per heavy atom. The molecule has 2 unspecified atom stereocenters. The minimum atomic E-state index is -4.95. The van der Waals surface area contributed by atoms with Crippen molar-refractivity contribution >= 4 is 39.5 Å². The lowest BCUT2D eigenvalue weighted by Crippen LogP contribution is -2.30. The van der Waals surface area contributed by atoms with Crippen LogP contribution in [-0.4, -0.2) is 96.7 Å². The van der Waals surface area contributed by atoms with Crippen LogP contribution < -0.4 is 0 Å². The van der Waals surface area contributed by atoms with Crippen molar-refractivity contribution in [3.05, 3.63) is 0 Å². The second kappa shape index (κ2) is 64.4. The largest absolute Gasteiger partial charge is 0.472 e. The van der Waals surface area contributed by atoms with Gasteiger partial charge < -0.3 is 33.8 Å². The van der Waals surface area contributed by atoms with E-state index in [-0.39, 0.29) is 25.7 Å². The SMILES string of the molecule is CCCCCCCCCCCCCCCCCCCCCCC(=O)O[C@H](COC(=O)CCCCCCCCCCCCCCCC(C)C)COP(=O)(O)OC[C@@H](O)COP(=O)(O)OC[C@@H](COC(=O)CCCCCCCCC)OC(=O)CCCCCCCCC. The number of carbonyl (C=O) groups excluding carboxylic acids is 4. The summed E-state index contributed by atoms with van der Waals surface area (Å²) in [4.78, 5) is 72.3. The van der Waals surface area contributed by atoms with Crippen LogP contribution >= 0.6 is 15.6 Å². The monoisotopic (exact) mass is 1320 g/mol. The molecule has 0 bridgehead atoms. The van der Waals surface area contributed by atoms with Gasteiger partial charge in [0.05, 0.1) is 26.4 Å². The van der Waals surface area contributed by atoms with Crippen molar-refractivity contribution in [3.63, 3.8) is 0 Å². The van der Waals surface area contributed by atoms with E-state index in [1.165, 1.54) is 167 Å². The van der Waals surface area contributed by atoms with Gasteiger partial charge >= 0.3 is 39.5 Å². The van der Waals surface area contributed by atoms with Gasteiger partial charge in [0.15, 0.2) is 12.2 Å². The summed E-state index contributed by atoms with van der Waals surface area (Å²) in [5.74, 6) is -1.34. The number of esters is 4. The van der Waals surface area contributed by atoms with Gasteiger partial charge in [0.25, 0.3) is 0 Å². The van der Waals surface area contributed by atoms with Crippen LogP contribution in [0.4, 0.5) is 0 Å². The number of aliphatic hydroxyl groups is 1. The summed E-state index contributed by atoms with van der Waals surface area (Å²) in [6.45, 7) is 7.18. The molecule has 0 fully saturated rings. The highest BCUT2D eigenvalue weighted by Crippen LogP contribution is 2.45. The highest BCUT2D eigenvalue weighted by atomic mass is 31.2. The Bertz CT molecular complexity index is 1740. The first kappa shape index (κ1) is 88.1. The topological polar surface area (TPSA) is 237 Å². The van der Waals surface area contributed by atoms with Gasteiger partial charge in [-0.1, -0.05) is 317 Å². The van der Waals surface area contributed by atoms with Crippen molar-refractivity contribution in [3.8, 4) is 0 Å². The molecule has 0 rings (SSSR count). The molecule has 0 aromatic heterocycles. The third-order valence-corrected chi connectivity index (χ3v) is 18.4. The first-order valence-corrected chi connectivity index (χ1v) is 40.1. The van der Waals surface area contributed by atoms with Crippen LogP contribution in [0.2, 0.25) is 0 Å². The van der Waals surface area contributed by atoms with Crippen molar-refractivity contribution in [2.24, 2.45) is 5.92 Å². The Morgan fingerprint density at radius 1 is 0.300 bits per heavy atom. The van der Waals surface area contributed by atoms with Gasteiger partial charge in [0.1, 0.15) is 19.3 Å². The molecule has 17 nitrogen and oxygen atoms in total. The van der Waals surface area contributed by atoms with E-state index in [9.17, 15) is 43.2 Å². The first-order valence-electron chi connectivity index (χ1n) is 37.1. The van der Waals surface area contributed by atoms with Gasteiger partial charge in [-0.2, -0.15) is 0 Å². The summed E-state index contributed by atoms with van der Waals surface area (Å²) in [7, 11) is -9.89. The second-order valence-electron chi connectivity index (χ2n) is 26.1. The quantitative estimate of drug-likeness (QED) is 0.0222. The van der Waals surface area contributed by atoms with Crippen LogP contribution in [0.1, 0.15) is 369 Å². The molecule has 0 aliphatic rings. The number of phosphoric ester groups is 2. The van der Waals surface area contributed by atoms with Gasteiger partial charge in [-0.05, 0) is 31.6 Å². The highest BCUT2D eigenvalue weighted by molar-refractivity contribution is 7.47. The van der Waals surface area contributed by atoms with Crippen molar-refractivity contribution in [1.82, 2.24) is 0 Å². The second-order valence-corrected chi connectivity index (χ2v) is 29.0. The normalized spacial score (nSPS) is 14.1. The van der Waals surface area contributed by atoms with E-state index in [0.717, 1.165) is 121 Å². The van der Waals surface area contributed by atoms with Gasteiger partial charge in [-0.25, -0.2) is 9.13 Å². The molecule has 3 N–H and O–H groups in total. The highest BCUT2D eigenvalue weighted by Gasteiger charge is 2.30. The molecule has 0 aliphatic heterocycles. The van der Waals surface area contributed by atoms with E-state index in [4.69, 9.17) is 37.0 Å². The summed E-state index contributed by atoms with van der Waals surface area (Å²) in [6, 6.07) is 0. The summed E-state index contributed by atoms with van der Waals surface area (Å²) in [5, 5.41) is 10.6. The molecular formula is C71H138O17P2. The Kier molecular flexibility index (Phi) is 63.0. The smallest absolute Gasteiger partial charge is 0.462 e. The molecule has 0 heterocycles. The lowest BCUT2D eigenvalue weighted by atomic mass is 10.0. The average Bonchev–Trinajstić information content (AvgIpc) is 3.63. The van der Waals surface area contributed by atoms with Crippen LogP contribution in [0.3, 0.4) is 0 Å². The van der Waals surface area contributed by atoms with Crippen molar-refractivity contribution < 1.29 is 80.2 Å². The lowest BCUT2D eigenvalue weighted by molar-refractivity contribution is -0.161. The Labute approximate surface area is 549 Å². The minimum absolute atomic E-state index is 0.104. The minimum Gasteiger partial charge on any atom is -0.462 e. The van der Waals surface area contributed by atoms with E-state index in [2.05, 4.69) is 34.6 Å². The zero-order valence-electron chi connectivity index (χ0n) is 58.3. The number of rotatable bonds is 71. The van der Waals surface area contributed by atoms with Crippen LogP contribution in [0.25, 0.3) is 0 Å².